The van der Waals surface area contributed by atoms with Gasteiger partial charge in [0.15, 0.2) is 0 Å². The summed E-state index contributed by atoms with van der Waals surface area (Å²) in [6.45, 7) is 2.15. The van der Waals surface area contributed by atoms with Gasteiger partial charge in [-0.15, -0.1) is 0 Å². The molecule has 0 amide bonds. The zero-order valence-corrected chi connectivity index (χ0v) is 13.1. The summed E-state index contributed by atoms with van der Waals surface area (Å²) < 4.78 is 0. The van der Waals surface area contributed by atoms with Gasteiger partial charge >= 0.3 is 0 Å². The molecule has 2 nitrogen and oxygen atoms in total. The summed E-state index contributed by atoms with van der Waals surface area (Å²) in [5.41, 5.74) is 3.91. The molecule has 0 saturated heterocycles. The summed E-state index contributed by atoms with van der Waals surface area (Å²) in [6, 6.07) is 13.5. The van der Waals surface area contributed by atoms with Crippen LogP contribution in [0.15, 0.2) is 42.6 Å². The minimum Gasteiger partial charge on any atom is -0.342 e. The van der Waals surface area contributed by atoms with Crippen LogP contribution in [0.5, 0.6) is 0 Å². The number of aromatic amines is 1. The Hall–Kier alpha value is -2.09. The molecule has 1 N–H and O–H groups in total. The first kappa shape index (κ1) is 13.6. The average molecular weight is 290 g/mol. The summed E-state index contributed by atoms with van der Waals surface area (Å²) in [7, 11) is 0. The number of fused-ring (bicyclic) bond motifs is 1. The smallest absolute Gasteiger partial charge is 0.138 e. The topological polar surface area (TPSA) is 28.7 Å². The Labute approximate surface area is 131 Å². The molecule has 0 spiro atoms. The van der Waals surface area contributed by atoms with Crippen molar-refractivity contribution in [2.24, 2.45) is 0 Å². The lowest BCUT2D eigenvalue weighted by molar-refractivity contribution is 0.724. The summed E-state index contributed by atoms with van der Waals surface area (Å²) in [5.74, 6) is 1.74. The van der Waals surface area contributed by atoms with E-state index in [0.717, 1.165) is 18.2 Å². The first-order chi connectivity index (χ1) is 10.8. The van der Waals surface area contributed by atoms with Gasteiger partial charge in [0, 0.05) is 17.5 Å². The summed E-state index contributed by atoms with van der Waals surface area (Å²) in [6.07, 6.45) is 8.38. The molecule has 1 aromatic heterocycles. The third kappa shape index (κ3) is 2.33. The van der Waals surface area contributed by atoms with Crippen molar-refractivity contribution >= 4 is 10.8 Å². The van der Waals surface area contributed by atoms with Gasteiger partial charge in [0.25, 0.3) is 0 Å². The van der Waals surface area contributed by atoms with Crippen LogP contribution in [0, 0.1) is 0 Å². The molecule has 2 aromatic carbocycles. The predicted octanol–water partition coefficient (Wildman–Crippen LogP) is 5.45. The maximum Gasteiger partial charge on any atom is 0.138 e. The number of nitrogens with one attached hydrogen (secondary N) is 1. The van der Waals surface area contributed by atoms with Gasteiger partial charge in [-0.1, -0.05) is 56.2 Å². The van der Waals surface area contributed by atoms with Gasteiger partial charge in [-0.3, -0.25) is 0 Å². The van der Waals surface area contributed by atoms with Crippen LogP contribution in [0.25, 0.3) is 22.2 Å². The van der Waals surface area contributed by atoms with Gasteiger partial charge in [-0.05, 0) is 41.5 Å². The first-order valence-corrected chi connectivity index (χ1v) is 8.42. The van der Waals surface area contributed by atoms with Crippen molar-refractivity contribution in [1.82, 2.24) is 9.97 Å². The van der Waals surface area contributed by atoms with E-state index in [0.29, 0.717) is 0 Å². The minimum atomic E-state index is 0.750. The minimum absolute atomic E-state index is 0.750. The van der Waals surface area contributed by atoms with Crippen LogP contribution in [0.2, 0.25) is 0 Å². The Morgan fingerprint density at radius 1 is 1.14 bits per heavy atom. The van der Waals surface area contributed by atoms with Gasteiger partial charge in [-0.25, -0.2) is 4.98 Å². The Balaban J connectivity index is 1.84. The molecule has 0 bridgehead atoms. The normalized spacial score (nSPS) is 15.7. The zero-order valence-electron chi connectivity index (χ0n) is 13.1. The molecule has 112 valence electrons. The maximum atomic E-state index is 4.58. The molecule has 1 aliphatic rings. The average Bonchev–Trinajstić information content (AvgIpc) is 3.25. The molecule has 1 saturated carbocycles. The van der Waals surface area contributed by atoms with Gasteiger partial charge in [0.2, 0.25) is 0 Å². The number of benzene rings is 2. The van der Waals surface area contributed by atoms with Crippen LogP contribution in [-0.2, 0) is 6.42 Å². The van der Waals surface area contributed by atoms with E-state index in [9.17, 15) is 0 Å². The number of hydrogen-bond acceptors (Lipinski definition) is 1. The van der Waals surface area contributed by atoms with E-state index in [1.165, 1.54) is 53.3 Å². The van der Waals surface area contributed by atoms with Crippen molar-refractivity contribution in [1.29, 1.82) is 0 Å². The third-order valence-corrected chi connectivity index (χ3v) is 5.00. The van der Waals surface area contributed by atoms with Crippen LogP contribution < -0.4 is 0 Å². The fraction of sp³-hybridized carbons (Fsp3) is 0.350. The fourth-order valence-electron chi connectivity index (χ4n) is 3.69. The van der Waals surface area contributed by atoms with Crippen molar-refractivity contribution in [3.63, 3.8) is 0 Å². The number of aromatic nitrogens is 2. The number of hydrogen-bond donors (Lipinski definition) is 1. The highest BCUT2D eigenvalue weighted by molar-refractivity contribution is 5.95. The number of H-pyrrole nitrogens is 1. The molecule has 22 heavy (non-hydrogen) atoms. The Morgan fingerprint density at radius 2 is 2.00 bits per heavy atom. The van der Waals surface area contributed by atoms with E-state index >= 15 is 0 Å². The molecular formula is C20H22N2. The van der Waals surface area contributed by atoms with Gasteiger partial charge in [0.05, 0.1) is 0 Å². The predicted molar refractivity (Wildman–Crippen MR) is 92.1 cm³/mol. The largest absolute Gasteiger partial charge is 0.342 e. The van der Waals surface area contributed by atoms with Crippen LogP contribution in [0.3, 0.4) is 0 Å². The molecule has 0 aliphatic heterocycles. The molecule has 2 heteroatoms. The summed E-state index contributed by atoms with van der Waals surface area (Å²) >= 11 is 0. The molecule has 1 fully saturated rings. The number of nitrogens with zero attached hydrogens (tertiary/aromatic N) is 1. The highest BCUT2D eigenvalue weighted by Gasteiger charge is 2.18. The van der Waals surface area contributed by atoms with Crippen LogP contribution in [0.1, 0.15) is 49.8 Å². The highest BCUT2D eigenvalue weighted by atomic mass is 14.9. The second-order valence-corrected chi connectivity index (χ2v) is 6.38. The quantitative estimate of drug-likeness (QED) is 0.682. The van der Waals surface area contributed by atoms with E-state index < -0.39 is 0 Å². The lowest BCUT2D eigenvalue weighted by Gasteiger charge is -2.12. The second-order valence-electron chi connectivity index (χ2n) is 6.38. The van der Waals surface area contributed by atoms with Crippen molar-refractivity contribution in [2.45, 2.75) is 44.9 Å². The SMILES string of the molecule is CCc1cnc(-c2cccc3ccc(C4CCCC4)cc23)[nH]1. The van der Waals surface area contributed by atoms with Gasteiger partial charge in [-0.2, -0.15) is 0 Å². The standard InChI is InChI=1S/C20H22N2/c1-2-17-13-21-20(22-17)18-9-5-8-15-10-11-16(12-19(15)18)14-6-3-4-7-14/h5,8-14H,2-4,6-7H2,1H3,(H,21,22). The van der Waals surface area contributed by atoms with Crippen molar-refractivity contribution in [3.05, 3.63) is 53.9 Å². The van der Waals surface area contributed by atoms with Crippen LogP contribution in [0.4, 0.5) is 0 Å². The molecule has 0 atom stereocenters. The first-order valence-electron chi connectivity index (χ1n) is 8.42. The Morgan fingerprint density at radius 3 is 2.77 bits per heavy atom. The molecule has 3 aromatic rings. The van der Waals surface area contributed by atoms with Gasteiger partial charge in [0.1, 0.15) is 5.82 Å². The molecule has 4 rings (SSSR count). The van der Waals surface area contributed by atoms with Crippen LogP contribution >= 0.6 is 0 Å². The van der Waals surface area contributed by atoms with E-state index in [4.69, 9.17) is 0 Å². The van der Waals surface area contributed by atoms with E-state index in [1.807, 2.05) is 6.20 Å². The molecular weight excluding hydrogens is 268 g/mol. The molecule has 0 unspecified atom stereocenters. The summed E-state index contributed by atoms with van der Waals surface area (Å²) in [5, 5.41) is 2.62. The molecule has 1 heterocycles. The van der Waals surface area contributed by atoms with Crippen LogP contribution in [-0.4, -0.2) is 9.97 Å². The maximum absolute atomic E-state index is 4.58. The van der Waals surface area contributed by atoms with Crippen molar-refractivity contribution < 1.29 is 0 Å². The lowest BCUT2D eigenvalue weighted by Crippen LogP contribution is -1.93. The number of rotatable bonds is 3. The Bertz CT molecular complexity index is 794. The highest BCUT2D eigenvalue weighted by Crippen LogP contribution is 2.36. The fourth-order valence-corrected chi connectivity index (χ4v) is 3.69. The van der Waals surface area contributed by atoms with E-state index in [1.54, 1.807) is 0 Å². The monoisotopic (exact) mass is 290 g/mol. The van der Waals surface area contributed by atoms with E-state index in [2.05, 4.69) is 53.3 Å². The van der Waals surface area contributed by atoms with Gasteiger partial charge < -0.3 is 4.98 Å². The second kappa shape index (κ2) is 5.60. The van der Waals surface area contributed by atoms with Crippen molar-refractivity contribution in [3.8, 4) is 11.4 Å². The lowest BCUT2D eigenvalue weighted by atomic mass is 9.93. The third-order valence-electron chi connectivity index (χ3n) is 5.00. The molecule has 0 radical (unpaired) electrons. The Kier molecular flexibility index (Phi) is 3.45. The summed E-state index contributed by atoms with van der Waals surface area (Å²) in [4.78, 5) is 8.03. The number of imidazole rings is 1. The molecule has 1 aliphatic carbocycles. The van der Waals surface area contributed by atoms with E-state index in [-0.39, 0.29) is 0 Å². The zero-order chi connectivity index (χ0) is 14.9. The number of aryl methyl sites for hydroxylation is 1. The van der Waals surface area contributed by atoms with Crippen molar-refractivity contribution in [2.75, 3.05) is 0 Å².